The van der Waals surface area contributed by atoms with Gasteiger partial charge in [0.2, 0.25) is 5.91 Å². The molecule has 0 rings (SSSR count). The predicted octanol–water partition coefficient (Wildman–Crippen LogP) is 13.2. The number of carbonyl (C=O) groups is 2. The molecule has 0 fully saturated rings. The van der Waals surface area contributed by atoms with Crippen LogP contribution in [-0.4, -0.2) is 47.4 Å². The lowest BCUT2D eigenvalue weighted by Gasteiger charge is -2.22. The molecule has 0 bridgehead atoms. The van der Waals surface area contributed by atoms with Crippen LogP contribution >= 0.6 is 0 Å². The molecule has 6 nitrogen and oxygen atoms in total. The highest BCUT2D eigenvalue weighted by atomic mass is 16.5. The highest BCUT2D eigenvalue weighted by molar-refractivity contribution is 5.76. The molecule has 0 aromatic carbocycles. The van der Waals surface area contributed by atoms with E-state index in [4.69, 9.17) is 4.74 Å². The van der Waals surface area contributed by atoms with Crippen molar-refractivity contribution in [3.8, 4) is 0 Å². The van der Waals surface area contributed by atoms with Crippen LogP contribution in [0.5, 0.6) is 0 Å². The average Bonchev–Trinajstić information content (AvgIpc) is 3.16. The molecule has 53 heavy (non-hydrogen) atoms. The molecule has 0 saturated heterocycles. The molecular formula is C47H89NO5. The summed E-state index contributed by atoms with van der Waals surface area (Å²) in [6.07, 6.45) is 48.5. The van der Waals surface area contributed by atoms with Gasteiger partial charge in [-0.15, -0.1) is 0 Å². The molecular weight excluding hydrogens is 659 g/mol. The van der Waals surface area contributed by atoms with Gasteiger partial charge in [0.15, 0.2) is 0 Å². The van der Waals surface area contributed by atoms with E-state index in [1.165, 1.54) is 128 Å². The van der Waals surface area contributed by atoms with E-state index in [-0.39, 0.29) is 18.5 Å². The third-order valence-electron chi connectivity index (χ3n) is 10.5. The minimum atomic E-state index is -0.684. The zero-order valence-electron chi connectivity index (χ0n) is 35.2. The fraction of sp³-hybridized carbons (Fsp3) is 0.872. The summed E-state index contributed by atoms with van der Waals surface area (Å²) in [5.74, 6) is -0.119. The number of unbranched alkanes of at least 4 members (excludes halogenated alkanes) is 27. The number of aliphatic hydroxyl groups excluding tert-OH is 2. The summed E-state index contributed by atoms with van der Waals surface area (Å²) < 4.78 is 5.42. The molecule has 2 atom stereocenters. The van der Waals surface area contributed by atoms with Crippen LogP contribution in [0.1, 0.15) is 239 Å². The van der Waals surface area contributed by atoms with E-state index in [1.54, 1.807) is 0 Å². The number of esters is 1. The van der Waals surface area contributed by atoms with Crippen molar-refractivity contribution < 1.29 is 24.5 Å². The second-order valence-electron chi connectivity index (χ2n) is 15.7. The highest BCUT2D eigenvalue weighted by Crippen LogP contribution is 2.15. The molecule has 0 aliphatic heterocycles. The van der Waals surface area contributed by atoms with Gasteiger partial charge in [-0.1, -0.05) is 173 Å². The van der Waals surface area contributed by atoms with Crippen LogP contribution in [0.3, 0.4) is 0 Å². The number of hydrogen-bond acceptors (Lipinski definition) is 5. The van der Waals surface area contributed by atoms with Crippen LogP contribution in [0.2, 0.25) is 0 Å². The van der Waals surface area contributed by atoms with Gasteiger partial charge in [0.05, 0.1) is 25.4 Å². The van der Waals surface area contributed by atoms with Crippen molar-refractivity contribution in [3.63, 3.8) is 0 Å². The monoisotopic (exact) mass is 748 g/mol. The second kappa shape index (κ2) is 43.1. The molecule has 0 spiro atoms. The third kappa shape index (κ3) is 39.8. The molecule has 0 saturated carbocycles. The van der Waals surface area contributed by atoms with Crippen LogP contribution in [0.15, 0.2) is 24.3 Å². The number of ether oxygens (including phenoxy) is 1. The van der Waals surface area contributed by atoms with Crippen LogP contribution in [0.25, 0.3) is 0 Å². The van der Waals surface area contributed by atoms with Gasteiger partial charge in [0, 0.05) is 12.8 Å². The summed E-state index contributed by atoms with van der Waals surface area (Å²) in [4.78, 5) is 24.4. The van der Waals surface area contributed by atoms with Crippen molar-refractivity contribution in [1.29, 1.82) is 0 Å². The van der Waals surface area contributed by atoms with Crippen molar-refractivity contribution in [2.45, 2.75) is 251 Å². The Labute approximate surface area is 329 Å². The van der Waals surface area contributed by atoms with Crippen LogP contribution in [0.4, 0.5) is 0 Å². The minimum Gasteiger partial charge on any atom is -0.466 e. The zero-order valence-corrected chi connectivity index (χ0v) is 35.2. The summed E-state index contributed by atoms with van der Waals surface area (Å²) in [5, 5.41) is 23.1. The number of amides is 1. The van der Waals surface area contributed by atoms with E-state index in [1.807, 2.05) is 0 Å². The maximum absolute atomic E-state index is 12.4. The Morgan fingerprint density at radius 3 is 1.34 bits per heavy atom. The first-order valence-electron chi connectivity index (χ1n) is 23.1. The maximum atomic E-state index is 12.4. The number of aliphatic hydroxyl groups is 2. The first-order chi connectivity index (χ1) is 26.0. The Morgan fingerprint density at radius 2 is 0.887 bits per heavy atom. The molecule has 0 heterocycles. The molecule has 2 unspecified atom stereocenters. The largest absolute Gasteiger partial charge is 0.466 e. The maximum Gasteiger partial charge on any atom is 0.305 e. The van der Waals surface area contributed by atoms with Crippen molar-refractivity contribution in [1.82, 2.24) is 5.32 Å². The van der Waals surface area contributed by atoms with Crippen LogP contribution in [-0.2, 0) is 14.3 Å². The summed E-state index contributed by atoms with van der Waals surface area (Å²) in [5.41, 5.74) is 0. The Balaban J connectivity index is 3.54. The fourth-order valence-electron chi connectivity index (χ4n) is 6.86. The summed E-state index contributed by atoms with van der Waals surface area (Å²) in [6, 6.07) is -0.565. The first kappa shape index (κ1) is 51.3. The summed E-state index contributed by atoms with van der Waals surface area (Å²) in [7, 11) is 0. The molecule has 0 aliphatic carbocycles. The second-order valence-corrected chi connectivity index (χ2v) is 15.7. The van der Waals surface area contributed by atoms with E-state index < -0.39 is 12.1 Å². The van der Waals surface area contributed by atoms with E-state index in [2.05, 4.69) is 43.5 Å². The molecule has 6 heteroatoms. The van der Waals surface area contributed by atoms with Crippen molar-refractivity contribution in [2.75, 3.05) is 13.2 Å². The zero-order chi connectivity index (χ0) is 38.7. The average molecular weight is 748 g/mol. The van der Waals surface area contributed by atoms with Gasteiger partial charge < -0.3 is 20.3 Å². The van der Waals surface area contributed by atoms with Crippen molar-refractivity contribution >= 4 is 11.9 Å². The van der Waals surface area contributed by atoms with E-state index in [0.717, 1.165) is 77.0 Å². The van der Waals surface area contributed by atoms with E-state index >= 15 is 0 Å². The lowest BCUT2D eigenvalue weighted by molar-refractivity contribution is -0.143. The SMILES string of the molecule is CCCCCCCC/C=C\CCCCCCCC(=O)OCCCC/C=C\CCCCCCC(=O)NC(CO)C(O)CCCCCCCCCCCCC. The number of rotatable bonds is 42. The van der Waals surface area contributed by atoms with Gasteiger partial charge in [0.1, 0.15) is 0 Å². The van der Waals surface area contributed by atoms with Gasteiger partial charge in [-0.05, 0) is 77.0 Å². The topological polar surface area (TPSA) is 95.9 Å². The Bertz CT molecular complexity index is 828. The number of nitrogens with one attached hydrogen (secondary N) is 1. The standard InChI is InChI=1S/C47H89NO5/c1-3-5-7-9-11-13-15-16-17-18-20-25-29-33-37-41-47(52)53-42-38-34-30-26-22-21-24-28-32-36-40-46(51)48-44(43-49)45(50)39-35-31-27-23-19-14-12-10-8-6-4-2/h16-17,22,26,44-45,49-50H,3-15,18-21,23-25,27-43H2,1-2H3,(H,48,51)/b17-16-,26-22-. The molecule has 0 radical (unpaired) electrons. The first-order valence-corrected chi connectivity index (χ1v) is 23.1. The Kier molecular flexibility index (Phi) is 41.7. The van der Waals surface area contributed by atoms with Gasteiger partial charge in [0.25, 0.3) is 0 Å². The van der Waals surface area contributed by atoms with Gasteiger partial charge in [-0.3, -0.25) is 9.59 Å². The summed E-state index contributed by atoms with van der Waals surface area (Å²) in [6.45, 7) is 4.83. The van der Waals surface area contributed by atoms with Crippen LogP contribution < -0.4 is 5.32 Å². The third-order valence-corrected chi connectivity index (χ3v) is 10.5. The number of hydrogen-bond donors (Lipinski definition) is 3. The van der Waals surface area contributed by atoms with Crippen molar-refractivity contribution in [2.24, 2.45) is 0 Å². The predicted molar refractivity (Wildman–Crippen MR) is 227 cm³/mol. The highest BCUT2D eigenvalue weighted by Gasteiger charge is 2.20. The van der Waals surface area contributed by atoms with Crippen molar-refractivity contribution in [3.05, 3.63) is 24.3 Å². The lowest BCUT2D eigenvalue weighted by Crippen LogP contribution is -2.45. The molecule has 312 valence electrons. The van der Waals surface area contributed by atoms with Gasteiger partial charge >= 0.3 is 5.97 Å². The molecule has 0 aromatic heterocycles. The Hall–Kier alpha value is -1.66. The van der Waals surface area contributed by atoms with Gasteiger partial charge in [-0.25, -0.2) is 0 Å². The Morgan fingerprint density at radius 1 is 0.509 bits per heavy atom. The van der Waals surface area contributed by atoms with Crippen LogP contribution in [0, 0.1) is 0 Å². The van der Waals surface area contributed by atoms with Gasteiger partial charge in [-0.2, -0.15) is 0 Å². The number of allylic oxidation sites excluding steroid dienone is 4. The summed E-state index contributed by atoms with van der Waals surface area (Å²) >= 11 is 0. The minimum absolute atomic E-state index is 0.0451. The van der Waals surface area contributed by atoms with E-state index in [0.29, 0.717) is 25.9 Å². The molecule has 1 amide bonds. The fourth-order valence-corrected chi connectivity index (χ4v) is 6.86. The quantitative estimate of drug-likeness (QED) is 0.0328. The molecule has 3 N–H and O–H groups in total. The number of carbonyl (C=O) groups excluding carboxylic acids is 2. The normalized spacial score (nSPS) is 12.9. The molecule has 0 aliphatic rings. The smallest absolute Gasteiger partial charge is 0.305 e. The molecule has 0 aromatic rings. The van der Waals surface area contributed by atoms with E-state index in [9.17, 15) is 19.8 Å². The lowest BCUT2D eigenvalue weighted by atomic mass is 10.0.